The van der Waals surface area contributed by atoms with Gasteiger partial charge in [-0.05, 0) is 25.4 Å². The van der Waals surface area contributed by atoms with Crippen LogP contribution in [0.15, 0.2) is 0 Å². The zero-order valence-electron chi connectivity index (χ0n) is 10.3. The van der Waals surface area contributed by atoms with Crippen molar-refractivity contribution in [2.24, 2.45) is 0 Å². The Hall–Kier alpha value is -1.14. The minimum Gasteiger partial charge on any atom is -0.342 e. The lowest BCUT2D eigenvalue weighted by molar-refractivity contribution is -0.136. The van der Waals surface area contributed by atoms with E-state index in [1.54, 1.807) is 16.8 Å². The highest BCUT2D eigenvalue weighted by molar-refractivity contribution is 6.32. The van der Waals surface area contributed by atoms with E-state index in [4.69, 9.17) is 23.2 Å². The smallest absolute Gasteiger partial charge is 0.247 e. The third kappa shape index (κ3) is 2.10. The summed E-state index contributed by atoms with van der Waals surface area (Å²) in [4.78, 5) is 19.7. The molecule has 1 fully saturated rings. The summed E-state index contributed by atoms with van der Waals surface area (Å²) in [5, 5.41) is 7.44. The molecule has 18 heavy (non-hydrogen) atoms. The molecule has 2 heterocycles. The number of hydrogen-bond donors (Lipinski definition) is 0. The standard InChI is InChI=1S/C10H13Cl2N5O/c1-10(2)8(18)16(3)4-5-17(10)7-6(11)14-15-9(12)13-7/h4-5H2,1-3H3. The molecule has 2 rings (SSSR count). The Bertz CT molecular complexity index is 493. The Kier molecular flexibility index (Phi) is 3.33. The maximum absolute atomic E-state index is 12.2. The third-order valence-corrected chi connectivity index (χ3v) is 3.47. The molecule has 0 N–H and O–H groups in total. The molecule has 0 atom stereocenters. The summed E-state index contributed by atoms with van der Waals surface area (Å²) < 4.78 is 0. The summed E-state index contributed by atoms with van der Waals surface area (Å²) in [7, 11) is 1.77. The maximum Gasteiger partial charge on any atom is 0.247 e. The van der Waals surface area contributed by atoms with E-state index in [-0.39, 0.29) is 16.3 Å². The second kappa shape index (κ2) is 4.51. The predicted molar refractivity (Wildman–Crippen MR) is 68.9 cm³/mol. The first-order chi connectivity index (χ1) is 8.34. The number of likely N-dealkylation sites (N-methyl/N-ethyl adjacent to an activating group) is 1. The first-order valence-electron chi connectivity index (χ1n) is 5.43. The van der Waals surface area contributed by atoms with Gasteiger partial charge in [-0.15, -0.1) is 10.2 Å². The van der Waals surface area contributed by atoms with E-state index in [9.17, 15) is 4.79 Å². The number of rotatable bonds is 1. The molecule has 0 aromatic carbocycles. The van der Waals surface area contributed by atoms with Gasteiger partial charge in [0.2, 0.25) is 11.2 Å². The summed E-state index contributed by atoms with van der Waals surface area (Å²) >= 11 is 11.7. The van der Waals surface area contributed by atoms with Gasteiger partial charge in [0.1, 0.15) is 5.54 Å². The van der Waals surface area contributed by atoms with E-state index < -0.39 is 5.54 Å². The van der Waals surface area contributed by atoms with Crippen molar-refractivity contribution in [2.75, 3.05) is 25.0 Å². The molecule has 0 saturated carbocycles. The van der Waals surface area contributed by atoms with Crippen LogP contribution in [-0.2, 0) is 4.79 Å². The number of amides is 1. The van der Waals surface area contributed by atoms with Crippen LogP contribution >= 0.6 is 23.2 Å². The average molecular weight is 290 g/mol. The fraction of sp³-hybridized carbons (Fsp3) is 0.600. The highest BCUT2D eigenvalue weighted by atomic mass is 35.5. The Balaban J connectivity index is 2.44. The van der Waals surface area contributed by atoms with Crippen molar-refractivity contribution in [1.82, 2.24) is 20.1 Å². The molecule has 1 aliphatic heterocycles. The van der Waals surface area contributed by atoms with Gasteiger partial charge in [-0.25, -0.2) is 0 Å². The monoisotopic (exact) mass is 289 g/mol. The van der Waals surface area contributed by atoms with Gasteiger partial charge < -0.3 is 9.80 Å². The zero-order chi connectivity index (χ0) is 13.5. The van der Waals surface area contributed by atoms with Gasteiger partial charge in [0.25, 0.3) is 0 Å². The molecule has 0 aliphatic carbocycles. The fourth-order valence-electron chi connectivity index (χ4n) is 2.04. The SMILES string of the molecule is CN1CCN(c2nc(Cl)nnc2Cl)C(C)(C)C1=O. The number of carbonyl (C=O) groups is 1. The van der Waals surface area contributed by atoms with Crippen molar-refractivity contribution in [1.29, 1.82) is 0 Å². The molecule has 1 amide bonds. The fourth-order valence-corrected chi connectivity index (χ4v) is 2.34. The molecule has 6 nitrogen and oxygen atoms in total. The lowest BCUT2D eigenvalue weighted by Crippen LogP contribution is -2.62. The average Bonchev–Trinajstić information content (AvgIpc) is 2.30. The summed E-state index contributed by atoms with van der Waals surface area (Å²) in [6.07, 6.45) is 0. The first kappa shape index (κ1) is 13.3. The second-order valence-electron chi connectivity index (χ2n) is 4.63. The number of halogens is 2. The van der Waals surface area contributed by atoms with E-state index in [2.05, 4.69) is 15.2 Å². The Labute approximate surface area is 115 Å². The van der Waals surface area contributed by atoms with Crippen LogP contribution < -0.4 is 4.90 Å². The van der Waals surface area contributed by atoms with Crippen LogP contribution in [0.3, 0.4) is 0 Å². The quantitative estimate of drug-likeness (QED) is 0.778. The van der Waals surface area contributed by atoms with Crippen molar-refractivity contribution in [3.8, 4) is 0 Å². The topological polar surface area (TPSA) is 62.2 Å². The molecule has 0 spiro atoms. The minimum atomic E-state index is -0.740. The summed E-state index contributed by atoms with van der Waals surface area (Å²) in [5.74, 6) is 0.391. The summed E-state index contributed by atoms with van der Waals surface area (Å²) in [6.45, 7) is 4.85. The van der Waals surface area contributed by atoms with Crippen LogP contribution in [0.25, 0.3) is 0 Å². The Morgan fingerprint density at radius 1 is 1.22 bits per heavy atom. The van der Waals surface area contributed by atoms with E-state index in [0.29, 0.717) is 18.9 Å². The van der Waals surface area contributed by atoms with Crippen molar-refractivity contribution in [3.63, 3.8) is 0 Å². The summed E-state index contributed by atoms with van der Waals surface area (Å²) in [5.41, 5.74) is -0.740. The largest absolute Gasteiger partial charge is 0.342 e. The molecular weight excluding hydrogens is 277 g/mol. The van der Waals surface area contributed by atoms with E-state index in [1.807, 2.05) is 13.8 Å². The van der Waals surface area contributed by atoms with Crippen LogP contribution in [-0.4, -0.2) is 51.7 Å². The van der Waals surface area contributed by atoms with Crippen molar-refractivity contribution < 1.29 is 4.79 Å². The number of carbonyl (C=O) groups excluding carboxylic acids is 1. The molecular formula is C10H13Cl2N5O. The molecule has 98 valence electrons. The van der Waals surface area contributed by atoms with Gasteiger partial charge in [-0.1, -0.05) is 11.6 Å². The van der Waals surface area contributed by atoms with Gasteiger partial charge in [0.15, 0.2) is 11.0 Å². The van der Waals surface area contributed by atoms with Gasteiger partial charge in [0.05, 0.1) is 0 Å². The number of aromatic nitrogens is 3. The minimum absolute atomic E-state index is 0.000415. The highest BCUT2D eigenvalue weighted by Gasteiger charge is 2.42. The van der Waals surface area contributed by atoms with Crippen molar-refractivity contribution in [3.05, 3.63) is 10.4 Å². The lowest BCUT2D eigenvalue weighted by Gasteiger charge is -2.45. The molecule has 8 heteroatoms. The van der Waals surface area contributed by atoms with Gasteiger partial charge >= 0.3 is 0 Å². The van der Waals surface area contributed by atoms with Crippen LogP contribution in [0.1, 0.15) is 13.8 Å². The van der Waals surface area contributed by atoms with Crippen molar-refractivity contribution in [2.45, 2.75) is 19.4 Å². The number of nitrogens with zero attached hydrogens (tertiary/aromatic N) is 5. The second-order valence-corrected chi connectivity index (χ2v) is 5.33. The molecule has 1 aliphatic rings. The van der Waals surface area contributed by atoms with Crippen LogP contribution in [0.4, 0.5) is 5.82 Å². The molecule has 0 bridgehead atoms. The van der Waals surface area contributed by atoms with Gasteiger partial charge in [-0.2, -0.15) is 4.98 Å². The molecule has 1 aromatic heterocycles. The van der Waals surface area contributed by atoms with Crippen LogP contribution in [0.2, 0.25) is 10.4 Å². The third-order valence-electron chi connectivity index (χ3n) is 3.06. The first-order valence-corrected chi connectivity index (χ1v) is 6.18. The normalized spacial score (nSPS) is 19.3. The van der Waals surface area contributed by atoms with E-state index in [1.165, 1.54) is 0 Å². The number of piperazine rings is 1. The van der Waals surface area contributed by atoms with E-state index in [0.717, 1.165) is 0 Å². The molecule has 0 radical (unpaired) electrons. The van der Waals surface area contributed by atoms with E-state index >= 15 is 0 Å². The van der Waals surface area contributed by atoms with Crippen molar-refractivity contribution >= 4 is 34.9 Å². The van der Waals surface area contributed by atoms with Gasteiger partial charge in [-0.3, -0.25) is 4.79 Å². The molecule has 0 unspecified atom stereocenters. The molecule has 1 aromatic rings. The highest BCUT2D eigenvalue weighted by Crippen LogP contribution is 2.31. The Morgan fingerprint density at radius 2 is 1.89 bits per heavy atom. The van der Waals surface area contributed by atoms with Crippen LogP contribution in [0, 0.1) is 0 Å². The maximum atomic E-state index is 12.2. The number of anilines is 1. The molecule has 1 saturated heterocycles. The zero-order valence-corrected chi connectivity index (χ0v) is 11.8. The summed E-state index contributed by atoms with van der Waals surface area (Å²) in [6, 6.07) is 0. The Morgan fingerprint density at radius 3 is 2.56 bits per heavy atom. The lowest BCUT2D eigenvalue weighted by atomic mass is 9.98. The van der Waals surface area contributed by atoms with Gasteiger partial charge in [0, 0.05) is 20.1 Å². The number of hydrogen-bond acceptors (Lipinski definition) is 5. The van der Waals surface area contributed by atoms with Crippen LogP contribution in [0.5, 0.6) is 0 Å². The predicted octanol–water partition coefficient (Wildman–Crippen LogP) is 1.24.